The average Bonchev–Trinajstić information content (AvgIpc) is 3.32. The van der Waals surface area contributed by atoms with Gasteiger partial charge in [0.25, 0.3) is 0 Å². The van der Waals surface area contributed by atoms with Crippen LogP contribution in [0, 0.1) is 27.7 Å². The second-order valence-corrected chi connectivity index (χ2v) is 8.68. The number of benzene rings is 2. The van der Waals surface area contributed by atoms with Gasteiger partial charge in [0.1, 0.15) is 0 Å². The average molecular weight is 446 g/mol. The summed E-state index contributed by atoms with van der Waals surface area (Å²) < 4.78 is 5.39. The monoisotopic (exact) mass is 445 g/mol. The maximum atomic E-state index is 12.5. The van der Waals surface area contributed by atoms with Crippen molar-refractivity contribution in [3.05, 3.63) is 81.0 Å². The number of anilines is 2. The first-order valence-corrected chi connectivity index (χ1v) is 11.0. The van der Waals surface area contributed by atoms with E-state index in [2.05, 4.69) is 9.98 Å². The van der Waals surface area contributed by atoms with Crippen molar-refractivity contribution in [2.75, 3.05) is 4.90 Å². The van der Waals surface area contributed by atoms with Crippen LogP contribution in [0.2, 0.25) is 0 Å². The lowest BCUT2D eigenvalue weighted by molar-refractivity contribution is -0.130. The second-order valence-electron chi connectivity index (χ2n) is 7.84. The summed E-state index contributed by atoms with van der Waals surface area (Å²) in [7, 11) is 0. The number of rotatable bonds is 4. The molecule has 1 aromatic heterocycles. The van der Waals surface area contributed by atoms with Gasteiger partial charge in [-0.15, -0.1) is 11.3 Å². The Bertz CT molecular complexity index is 1280. The largest absolute Gasteiger partial charge is 0.402 e. The first kappa shape index (κ1) is 21.6. The number of nitrogens with zero attached hydrogens (tertiary/aromatic N) is 3. The topological polar surface area (TPSA) is 71.9 Å². The van der Waals surface area contributed by atoms with Crippen molar-refractivity contribution in [2.24, 2.45) is 4.99 Å². The van der Waals surface area contributed by atoms with Crippen molar-refractivity contribution >= 4 is 46.0 Å². The van der Waals surface area contributed by atoms with E-state index in [0.29, 0.717) is 10.8 Å². The normalized spacial score (nSPS) is 14.5. The van der Waals surface area contributed by atoms with Gasteiger partial charge in [-0.25, -0.2) is 14.8 Å². The van der Waals surface area contributed by atoms with Crippen LogP contribution in [0.5, 0.6) is 0 Å². The molecule has 0 N–H and O–H groups in total. The predicted molar refractivity (Wildman–Crippen MR) is 127 cm³/mol. The summed E-state index contributed by atoms with van der Waals surface area (Å²) in [5.74, 6) is -0.376. The lowest BCUT2D eigenvalue weighted by atomic mass is 10.1. The smallest absolute Gasteiger partial charge is 0.363 e. The minimum atomic E-state index is -0.522. The Hall–Kier alpha value is -3.58. The van der Waals surface area contributed by atoms with Gasteiger partial charge in [-0.2, -0.15) is 0 Å². The third-order valence-corrected chi connectivity index (χ3v) is 6.05. The molecule has 0 fully saturated rings. The predicted octanol–water partition coefficient (Wildman–Crippen LogP) is 5.41. The second kappa shape index (κ2) is 8.51. The van der Waals surface area contributed by atoms with Crippen LogP contribution in [0.4, 0.5) is 10.8 Å². The molecular weight excluding hydrogens is 422 g/mol. The molecule has 1 amide bonds. The molecule has 0 saturated heterocycles. The fourth-order valence-corrected chi connectivity index (χ4v) is 4.44. The van der Waals surface area contributed by atoms with Gasteiger partial charge in [-0.05, 0) is 63.1 Å². The van der Waals surface area contributed by atoms with Gasteiger partial charge >= 0.3 is 5.97 Å². The molecule has 1 aliphatic rings. The Morgan fingerprint density at radius 2 is 1.81 bits per heavy atom. The molecule has 0 atom stereocenters. The number of aliphatic imine (C=N–C) groups is 1. The van der Waals surface area contributed by atoms with Crippen molar-refractivity contribution in [1.82, 2.24) is 4.98 Å². The molecule has 0 unspecified atom stereocenters. The third kappa shape index (κ3) is 4.24. The fraction of sp³-hybridized carbons (Fsp3) is 0.200. The van der Waals surface area contributed by atoms with Gasteiger partial charge in [0, 0.05) is 17.9 Å². The van der Waals surface area contributed by atoms with E-state index in [1.54, 1.807) is 16.4 Å². The quantitative estimate of drug-likeness (QED) is 0.398. The Kier molecular flexibility index (Phi) is 5.76. The van der Waals surface area contributed by atoms with Gasteiger partial charge in [-0.3, -0.25) is 9.69 Å². The SMILES string of the molecule is CC(=O)N(c1nc(/C=C2/N=C(c3cc(C)cc(C)c3)OC2=O)cs1)c1cccc(C)c1C. The Labute approximate surface area is 190 Å². The van der Waals surface area contributed by atoms with Crippen LogP contribution < -0.4 is 4.90 Å². The number of amides is 1. The van der Waals surface area contributed by atoms with Crippen molar-refractivity contribution in [3.63, 3.8) is 0 Å². The van der Waals surface area contributed by atoms with E-state index < -0.39 is 5.97 Å². The molecule has 6 nitrogen and oxygen atoms in total. The first-order chi connectivity index (χ1) is 15.2. The van der Waals surface area contributed by atoms with E-state index in [0.717, 1.165) is 33.5 Å². The number of esters is 1. The summed E-state index contributed by atoms with van der Waals surface area (Å²) in [5.41, 5.74) is 6.51. The van der Waals surface area contributed by atoms with Crippen LogP contribution in [0.3, 0.4) is 0 Å². The molecule has 2 heterocycles. The summed E-state index contributed by atoms with van der Waals surface area (Å²) in [6, 6.07) is 11.7. The van der Waals surface area contributed by atoms with Crippen LogP contribution in [0.15, 0.2) is 52.5 Å². The summed E-state index contributed by atoms with van der Waals surface area (Å²) in [6.45, 7) is 9.47. The summed E-state index contributed by atoms with van der Waals surface area (Å²) in [6.07, 6.45) is 1.58. The highest BCUT2D eigenvalue weighted by atomic mass is 32.1. The Morgan fingerprint density at radius 3 is 2.50 bits per heavy atom. The highest BCUT2D eigenvalue weighted by Gasteiger charge is 2.25. The van der Waals surface area contributed by atoms with Crippen molar-refractivity contribution in [1.29, 1.82) is 0 Å². The molecular formula is C25H23N3O3S. The molecule has 0 radical (unpaired) electrons. The highest BCUT2D eigenvalue weighted by molar-refractivity contribution is 7.14. The minimum absolute atomic E-state index is 0.136. The Balaban J connectivity index is 1.67. The fourth-order valence-electron chi connectivity index (χ4n) is 3.60. The number of aryl methyl sites for hydroxylation is 3. The first-order valence-electron chi connectivity index (χ1n) is 10.2. The van der Waals surface area contributed by atoms with Gasteiger partial charge in [0.05, 0.1) is 11.4 Å². The number of thiazole rings is 1. The standard InChI is InChI=1S/C25H23N3O3S/c1-14-9-15(2)11-19(10-14)23-27-21(24(30)31-23)12-20-13-32-25(26-20)28(18(5)29)22-8-6-7-16(3)17(22)4/h6-13H,1-5H3/b21-12+. The zero-order valence-corrected chi connectivity index (χ0v) is 19.4. The molecule has 0 spiro atoms. The van der Waals surface area contributed by atoms with Gasteiger partial charge in [-0.1, -0.05) is 29.3 Å². The number of carbonyl (C=O) groups is 2. The molecule has 7 heteroatoms. The van der Waals surface area contributed by atoms with E-state index >= 15 is 0 Å². The van der Waals surface area contributed by atoms with Crippen molar-refractivity contribution < 1.29 is 14.3 Å². The third-order valence-electron chi connectivity index (χ3n) is 5.21. The maximum Gasteiger partial charge on any atom is 0.363 e. The van der Waals surface area contributed by atoms with Gasteiger partial charge in [0.2, 0.25) is 11.8 Å². The van der Waals surface area contributed by atoms with Crippen LogP contribution in [-0.2, 0) is 14.3 Å². The van der Waals surface area contributed by atoms with Gasteiger partial charge in [0.15, 0.2) is 10.8 Å². The van der Waals surface area contributed by atoms with E-state index in [9.17, 15) is 9.59 Å². The lowest BCUT2D eigenvalue weighted by Crippen LogP contribution is -2.23. The molecule has 3 aromatic rings. The van der Waals surface area contributed by atoms with E-state index in [4.69, 9.17) is 4.74 Å². The molecule has 0 aliphatic carbocycles. The van der Waals surface area contributed by atoms with E-state index in [1.807, 2.05) is 64.1 Å². The van der Waals surface area contributed by atoms with E-state index in [1.165, 1.54) is 18.3 Å². The number of aromatic nitrogens is 1. The van der Waals surface area contributed by atoms with Gasteiger partial charge < -0.3 is 4.74 Å². The Morgan fingerprint density at radius 1 is 1.09 bits per heavy atom. The zero-order chi connectivity index (χ0) is 23.0. The van der Waals surface area contributed by atoms with Crippen LogP contribution in [0.25, 0.3) is 6.08 Å². The number of carbonyl (C=O) groups excluding carboxylic acids is 2. The molecule has 0 bridgehead atoms. The van der Waals surface area contributed by atoms with E-state index in [-0.39, 0.29) is 17.5 Å². The molecule has 4 rings (SSSR count). The van der Waals surface area contributed by atoms with Crippen molar-refractivity contribution in [3.8, 4) is 0 Å². The maximum absolute atomic E-state index is 12.5. The molecule has 0 saturated carbocycles. The van der Waals surface area contributed by atoms with Crippen LogP contribution in [-0.4, -0.2) is 22.8 Å². The summed E-state index contributed by atoms with van der Waals surface area (Å²) in [5, 5.41) is 2.32. The molecule has 162 valence electrons. The minimum Gasteiger partial charge on any atom is -0.402 e. The molecule has 32 heavy (non-hydrogen) atoms. The summed E-state index contributed by atoms with van der Waals surface area (Å²) >= 11 is 1.33. The van der Waals surface area contributed by atoms with Crippen molar-refractivity contribution in [2.45, 2.75) is 34.6 Å². The number of ether oxygens (including phenoxy) is 1. The lowest BCUT2D eigenvalue weighted by Gasteiger charge is -2.21. The number of hydrogen-bond donors (Lipinski definition) is 0. The summed E-state index contributed by atoms with van der Waals surface area (Å²) in [4.78, 5) is 35.4. The number of cyclic esters (lactones) is 1. The number of hydrogen-bond acceptors (Lipinski definition) is 6. The molecule has 2 aromatic carbocycles. The van der Waals surface area contributed by atoms with Crippen LogP contribution >= 0.6 is 11.3 Å². The highest BCUT2D eigenvalue weighted by Crippen LogP contribution is 2.33. The zero-order valence-electron chi connectivity index (χ0n) is 18.6. The molecule has 1 aliphatic heterocycles. The van der Waals surface area contributed by atoms with Crippen LogP contribution in [0.1, 0.15) is 40.4 Å².